The minimum Gasteiger partial charge on any atom is -0.463 e. The zero-order valence-corrected chi connectivity index (χ0v) is 5.31. The average Bonchev–Trinajstić information content (AvgIpc) is 2.05. The summed E-state index contributed by atoms with van der Waals surface area (Å²) in [5.74, 6) is -0.528. The van der Waals surface area contributed by atoms with Crippen LogP contribution in [0.25, 0.3) is 0 Å². The number of ether oxygens (including phenoxy) is 1. The molecule has 10 heavy (non-hydrogen) atoms. The fourth-order valence-electron chi connectivity index (χ4n) is 0.436. The van der Waals surface area contributed by atoms with Crippen molar-refractivity contribution >= 4 is 5.97 Å². The van der Waals surface area contributed by atoms with Crippen LogP contribution >= 0.6 is 0 Å². The Morgan fingerprint density at radius 1 is 1.50 bits per heavy atom. The van der Waals surface area contributed by atoms with Gasteiger partial charge in [0.05, 0.1) is 7.11 Å². The molecule has 1 heterocycles. The first-order valence-electron chi connectivity index (χ1n) is 2.55. The molecule has 5 nitrogen and oxygen atoms in total. The molecule has 0 aromatic carbocycles. The molecule has 0 fully saturated rings. The van der Waals surface area contributed by atoms with E-state index in [4.69, 9.17) is 0 Å². The third-order valence-corrected chi connectivity index (χ3v) is 0.861. The van der Waals surface area contributed by atoms with Gasteiger partial charge < -0.3 is 4.74 Å². The van der Waals surface area contributed by atoms with Gasteiger partial charge in [0, 0.05) is 0 Å². The second-order valence-electron chi connectivity index (χ2n) is 1.45. The SMILES string of the molecule is COC(=O)c1ncncn1. The van der Waals surface area contributed by atoms with E-state index in [1.165, 1.54) is 19.8 Å². The van der Waals surface area contributed by atoms with Gasteiger partial charge in [0.15, 0.2) is 0 Å². The molecule has 0 N–H and O–H groups in total. The van der Waals surface area contributed by atoms with E-state index in [0.29, 0.717) is 0 Å². The summed E-state index contributed by atoms with van der Waals surface area (Å²) in [6, 6.07) is 0. The van der Waals surface area contributed by atoms with E-state index in [-0.39, 0.29) is 5.82 Å². The molecule has 1 aromatic heterocycles. The van der Waals surface area contributed by atoms with Gasteiger partial charge in [-0.3, -0.25) is 0 Å². The van der Waals surface area contributed by atoms with Crippen LogP contribution in [0.3, 0.4) is 0 Å². The first-order valence-corrected chi connectivity index (χ1v) is 2.55. The van der Waals surface area contributed by atoms with Crippen LogP contribution in [-0.2, 0) is 4.74 Å². The molecule has 52 valence electrons. The number of carbonyl (C=O) groups is 1. The number of hydrogen-bond donors (Lipinski definition) is 0. The summed E-state index contributed by atoms with van der Waals surface area (Å²) in [6.07, 6.45) is 2.47. The normalized spacial score (nSPS) is 8.90. The summed E-state index contributed by atoms with van der Waals surface area (Å²) in [4.78, 5) is 21.3. The molecule has 0 aliphatic heterocycles. The Kier molecular flexibility index (Phi) is 1.89. The molecular formula is C5H5N3O2. The largest absolute Gasteiger partial charge is 0.463 e. The Hall–Kier alpha value is -1.52. The van der Waals surface area contributed by atoms with E-state index < -0.39 is 5.97 Å². The number of nitrogens with zero attached hydrogens (tertiary/aromatic N) is 3. The zero-order chi connectivity index (χ0) is 7.40. The number of esters is 1. The fourth-order valence-corrected chi connectivity index (χ4v) is 0.436. The van der Waals surface area contributed by atoms with Gasteiger partial charge >= 0.3 is 5.97 Å². The van der Waals surface area contributed by atoms with E-state index >= 15 is 0 Å². The Balaban J connectivity index is 2.85. The van der Waals surface area contributed by atoms with Crippen LogP contribution in [-0.4, -0.2) is 28.0 Å². The Morgan fingerprint density at radius 3 is 2.60 bits per heavy atom. The first-order chi connectivity index (χ1) is 4.84. The lowest BCUT2D eigenvalue weighted by Crippen LogP contribution is -2.06. The molecule has 1 aromatic rings. The highest BCUT2D eigenvalue weighted by Crippen LogP contribution is 1.86. The molecule has 0 radical (unpaired) electrons. The van der Waals surface area contributed by atoms with Gasteiger partial charge in [0.1, 0.15) is 12.7 Å². The molecule has 0 aliphatic carbocycles. The van der Waals surface area contributed by atoms with Crippen molar-refractivity contribution in [2.75, 3.05) is 7.11 Å². The molecule has 0 saturated heterocycles. The van der Waals surface area contributed by atoms with Gasteiger partial charge in [0.25, 0.3) is 0 Å². The van der Waals surface area contributed by atoms with Crippen LogP contribution in [0.15, 0.2) is 12.7 Å². The van der Waals surface area contributed by atoms with E-state index in [1.807, 2.05) is 0 Å². The topological polar surface area (TPSA) is 65.0 Å². The summed E-state index contributed by atoms with van der Waals surface area (Å²) in [6.45, 7) is 0. The summed E-state index contributed by atoms with van der Waals surface area (Å²) < 4.78 is 4.34. The van der Waals surface area contributed by atoms with Gasteiger partial charge in [-0.25, -0.2) is 19.7 Å². The lowest BCUT2D eigenvalue weighted by atomic mass is 10.6. The summed E-state index contributed by atoms with van der Waals surface area (Å²) >= 11 is 0. The zero-order valence-electron chi connectivity index (χ0n) is 5.31. The maximum Gasteiger partial charge on any atom is 0.376 e. The van der Waals surface area contributed by atoms with E-state index in [2.05, 4.69) is 19.7 Å². The Labute approximate surface area is 57.1 Å². The van der Waals surface area contributed by atoms with Gasteiger partial charge in [-0.2, -0.15) is 0 Å². The third kappa shape index (κ3) is 1.25. The number of rotatable bonds is 1. The lowest BCUT2D eigenvalue weighted by molar-refractivity contribution is 0.0586. The number of aromatic nitrogens is 3. The minimum atomic E-state index is -0.553. The summed E-state index contributed by atoms with van der Waals surface area (Å²) in [5.41, 5.74) is 0. The standard InChI is InChI=1S/C5H5N3O2/c1-10-5(9)4-7-2-6-3-8-4/h2-3H,1H3. The van der Waals surface area contributed by atoms with Crippen molar-refractivity contribution in [3.63, 3.8) is 0 Å². The van der Waals surface area contributed by atoms with Crippen molar-refractivity contribution in [1.82, 2.24) is 15.0 Å². The molecule has 0 bridgehead atoms. The highest BCUT2D eigenvalue weighted by Gasteiger charge is 2.05. The Morgan fingerprint density at radius 2 is 2.10 bits per heavy atom. The van der Waals surface area contributed by atoms with Crippen LogP contribution in [0.5, 0.6) is 0 Å². The highest BCUT2D eigenvalue weighted by molar-refractivity contribution is 5.84. The molecule has 5 heteroatoms. The molecule has 0 atom stereocenters. The molecule has 0 spiro atoms. The van der Waals surface area contributed by atoms with E-state index in [9.17, 15) is 4.79 Å². The van der Waals surface area contributed by atoms with Crippen molar-refractivity contribution in [3.8, 4) is 0 Å². The predicted octanol–water partition coefficient (Wildman–Crippen LogP) is -0.342. The molecule has 1 rings (SSSR count). The monoisotopic (exact) mass is 139 g/mol. The van der Waals surface area contributed by atoms with Gasteiger partial charge in [-0.1, -0.05) is 0 Å². The van der Waals surface area contributed by atoms with Gasteiger partial charge in [0.2, 0.25) is 5.82 Å². The lowest BCUT2D eigenvalue weighted by Gasteiger charge is -1.92. The minimum absolute atomic E-state index is 0.0255. The third-order valence-electron chi connectivity index (χ3n) is 0.861. The molecular weight excluding hydrogens is 134 g/mol. The van der Waals surface area contributed by atoms with Crippen molar-refractivity contribution in [2.24, 2.45) is 0 Å². The first kappa shape index (κ1) is 6.60. The van der Waals surface area contributed by atoms with Crippen LogP contribution in [0.2, 0.25) is 0 Å². The Bertz CT molecular complexity index is 224. The fraction of sp³-hybridized carbons (Fsp3) is 0.200. The maximum absolute atomic E-state index is 10.6. The van der Waals surface area contributed by atoms with Gasteiger partial charge in [-0.15, -0.1) is 0 Å². The quantitative estimate of drug-likeness (QED) is 0.498. The van der Waals surface area contributed by atoms with Crippen LogP contribution in [0.1, 0.15) is 10.6 Å². The van der Waals surface area contributed by atoms with Crippen molar-refractivity contribution in [2.45, 2.75) is 0 Å². The molecule has 0 saturated carbocycles. The van der Waals surface area contributed by atoms with Crippen molar-refractivity contribution in [1.29, 1.82) is 0 Å². The maximum atomic E-state index is 10.6. The van der Waals surface area contributed by atoms with Crippen molar-refractivity contribution < 1.29 is 9.53 Å². The van der Waals surface area contributed by atoms with Crippen LogP contribution < -0.4 is 0 Å². The second-order valence-corrected chi connectivity index (χ2v) is 1.45. The van der Waals surface area contributed by atoms with E-state index in [1.54, 1.807) is 0 Å². The number of methoxy groups -OCH3 is 1. The van der Waals surface area contributed by atoms with E-state index in [0.717, 1.165) is 0 Å². The number of carbonyl (C=O) groups excluding carboxylic acids is 1. The second kappa shape index (κ2) is 2.86. The van der Waals surface area contributed by atoms with Crippen LogP contribution in [0.4, 0.5) is 0 Å². The summed E-state index contributed by atoms with van der Waals surface area (Å²) in [5, 5.41) is 0. The molecule has 0 aliphatic rings. The van der Waals surface area contributed by atoms with Crippen LogP contribution in [0, 0.1) is 0 Å². The average molecular weight is 139 g/mol. The van der Waals surface area contributed by atoms with Gasteiger partial charge in [-0.05, 0) is 0 Å². The molecule has 0 unspecified atom stereocenters. The summed E-state index contributed by atoms with van der Waals surface area (Å²) in [7, 11) is 1.27. The number of hydrogen-bond acceptors (Lipinski definition) is 5. The highest BCUT2D eigenvalue weighted by atomic mass is 16.5. The molecule has 0 amide bonds. The smallest absolute Gasteiger partial charge is 0.376 e. The van der Waals surface area contributed by atoms with Crippen molar-refractivity contribution in [3.05, 3.63) is 18.5 Å². The predicted molar refractivity (Wildman–Crippen MR) is 31.2 cm³/mol.